The van der Waals surface area contributed by atoms with Gasteiger partial charge in [0.1, 0.15) is 12.6 Å². The Morgan fingerprint density at radius 1 is 1.03 bits per heavy atom. The van der Waals surface area contributed by atoms with E-state index < -0.39 is 8.07 Å². The molecule has 5 rings (SSSR count). The molecule has 2 saturated heterocycles. The highest BCUT2D eigenvalue weighted by molar-refractivity contribution is 6.76. The maximum absolute atomic E-state index is 11.3. The van der Waals surface area contributed by atoms with E-state index in [4.69, 9.17) is 9.72 Å². The Morgan fingerprint density at radius 3 is 2.59 bits per heavy atom. The number of hydrogen-bond donors (Lipinski definition) is 1. The largest absolute Gasteiger partial charge is 0.391 e. The molecule has 0 radical (unpaired) electrons. The molecule has 182 valence electrons. The lowest BCUT2D eigenvalue weighted by molar-refractivity contribution is -0.0340. The summed E-state index contributed by atoms with van der Waals surface area (Å²) in [6, 6.07) is 20.9. The number of rotatable bonds is 9. The first kappa shape index (κ1) is 23.7. The lowest BCUT2D eigenvalue weighted by atomic mass is 9.83. The first-order valence-corrected chi connectivity index (χ1v) is 16.6. The zero-order chi connectivity index (χ0) is 23.7. The van der Waals surface area contributed by atoms with Gasteiger partial charge >= 0.3 is 0 Å². The molecule has 2 fully saturated rings. The van der Waals surface area contributed by atoms with Crippen LogP contribution in [0.25, 0.3) is 11.0 Å². The standard InChI is InChI=1S/C28H39N3O2Si/c1-34(2,3)16-15-33-20-31-25-12-8-7-11-24(25)29-27(31)19-30-23-13-14-26(30)28(32)22(18-23)17-21-9-5-4-6-10-21/h4-12,22-23,26,28,32H,13-20H2,1-3H3. The Morgan fingerprint density at radius 2 is 1.79 bits per heavy atom. The van der Waals surface area contributed by atoms with E-state index >= 15 is 0 Å². The summed E-state index contributed by atoms with van der Waals surface area (Å²) in [6.45, 7) is 9.28. The van der Waals surface area contributed by atoms with Gasteiger partial charge in [-0.3, -0.25) is 4.90 Å². The van der Waals surface area contributed by atoms with Crippen molar-refractivity contribution in [1.29, 1.82) is 0 Å². The minimum atomic E-state index is -1.12. The molecule has 6 heteroatoms. The maximum atomic E-state index is 11.3. The summed E-state index contributed by atoms with van der Waals surface area (Å²) in [5.74, 6) is 1.39. The van der Waals surface area contributed by atoms with Gasteiger partial charge in [-0.1, -0.05) is 62.1 Å². The van der Waals surface area contributed by atoms with E-state index in [9.17, 15) is 5.11 Å². The van der Waals surface area contributed by atoms with Crippen molar-refractivity contribution in [1.82, 2.24) is 14.5 Å². The van der Waals surface area contributed by atoms with Crippen LogP contribution in [0, 0.1) is 5.92 Å². The summed E-state index contributed by atoms with van der Waals surface area (Å²) in [5, 5.41) is 11.3. The smallest absolute Gasteiger partial charge is 0.126 e. The Balaban J connectivity index is 1.31. The molecule has 2 aliphatic rings. The van der Waals surface area contributed by atoms with Gasteiger partial charge in [0, 0.05) is 26.8 Å². The van der Waals surface area contributed by atoms with Crippen LogP contribution in [0.15, 0.2) is 54.6 Å². The van der Waals surface area contributed by atoms with Crippen LogP contribution in [-0.2, 0) is 24.4 Å². The van der Waals surface area contributed by atoms with Gasteiger partial charge in [0.2, 0.25) is 0 Å². The molecule has 0 spiro atoms. The zero-order valence-electron chi connectivity index (χ0n) is 20.9. The molecular formula is C28H39N3O2Si. The quantitative estimate of drug-likeness (QED) is 0.335. The number of benzene rings is 2. The summed E-state index contributed by atoms with van der Waals surface area (Å²) in [6.07, 6.45) is 3.97. The number of aromatic nitrogens is 2. The van der Waals surface area contributed by atoms with Crippen LogP contribution in [0.3, 0.4) is 0 Å². The van der Waals surface area contributed by atoms with E-state index in [0.29, 0.717) is 18.7 Å². The minimum Gasteiger partial charge on any atom is -0.391 e. The topological polar surface area (TPSA) is 50.5 Å². The first-order chi connectivity index (χ1) is 16.4. The van der Waals surface area contributed by atoms with Crippen molar-refractivity contribution in [2.45, 2.75) is 82.8 Å². The van der Waals surface area contributed by atoms with Crippen LogP contribution in [0.4, 0.5) is 0 Å². The molecule has 5 nitrogen and oxygen atoms in total. The molecule has 2 aliphatic heterocycles. The van der Waals surface area contributed by atoms with Gasteiger partial charge < -0.3 is 14.4 Å². The van der Waals surface area contributed by atoms with E-state index in [2.05, 4.69) is 83.7 Å². The molecule has 3 aromatic rings. The Bertz CT molecular complexity index is 1090. The van der Waals surface area contributed by atoms with Gasteiger partial charge in [0.15, 0.2) is 0 Å². The van der Waals surface area contributed by atoms with Gasteiger partial charge in [-0.25, -0.2) is 4.98 Å². The molecule has 0 amide bonds. The van der Waals surface area contributed by atoms with Gasteiger partial charge in [0.25, 0.3) is 0 Å². The number of piperidine rings is 1. The molecule has 1 N–H and O–H groups in total. The van der Waals surface area contributed by atoms with E-state index in [1.54, 1.807) is 0 Å². The lowest BCUT2D eigenvalue weighted by Gasteiger charge is -2.42. The third-order valence-electron chi connectivity index (χ3n) is 7.76. The third kappa shape index (κ3) is 5.15. The number of imidazole rings is 1. The normalized spacial score (nSPS) is 25.3. The summed E-state index contributed by atoms with van der Waals surface area (Å²) in [5.41, 5.74) is 3.49. The number of fused-ring (bicyclic) bond motifs is 3. The SMILES string of the molecule is C[Si](C)(C)CCOCn1c(CN2C3CCC2C(O)C(Cc2ccccc2)C3)nc2ccccc21. The number of hydrogen-bond acceptors (Lipinski definition) is 4. The highest BCUT2D eigenvalue weighted by atomic mass is 28.3. The summed E-state index contributed by atoms with van der Waals surface area (Å²) >= 11 is 0. The highest BCUT2D eigenvalue weighted by Crippen LogP contribution is 2.41. The lowest BCUT2D eigenvalue weighted by Crippen LogP contribution is -2.52. The van der Waals surface area contributed by atoms with Crippen LogP contribution in [0.1, 0.15) is 30.7 Å². The second kappa shape index (κ2) is 9.94. The zero-order valence-corrected chi connectivity index (χ0v) is 21.9. The van der Waals surface area contributed by atoms with Gasteiger partial charge in [-0.05, 0) is 55.3 Å². The molecular weight excluding hydrogens is 438 g/mol. The first-order valence-electron chi connectivity index (χ1n) is 12.9. The number of ether oxygens (including phenoxy) is 1. The van der Waals surface area contributed by atoms with Crippen LogP contribution in [0.2, 0.25) is 25.7 Å². The summed E-state index contributed by atoms with van der Waals surface area (Å²) in [7, 11) is -1.12. The predicted molar refractivity (Wildman–Crippen MR) is 140 cm³/mol. The van der Waals surface area contributed by atoms with E-state index in [1.807, 2.05) is 0 Å². The number of aliphatic hydroxyl groups excluding tert-OH is 1. The fourth-order valence-corrected chi connectivity index (χ4v) is 6.60. The predicted octanol–water partition coefficient (Wildman–Crippen LogP) is 5.31. The highest BCUT2D eigenvalue weighted by Gasteiger charge is 2.46. The van der Waals surface area contributed by atoms with Gasteiger partial charge in [-0.2, -0.15) is 0 Å². The second-order valence-corrected chi connectivity index (χ2v) is 17.1. The van der Waals surface area contributed by atoms with Crippen LogP contribution >= 0.6 is 0 Å². The van der Waals surface area contributed by atoms with E-state index in [-0.39, 0.29) is 12.1 Å². The average molecular weight is 478 g/mol. The van der Waals surface area contributed by atoms with Crippen molar-refractivity contribution in [3.63, 3.8) is 0 Å². The Kier molecular flexibility index (Phi) is 6.94. The molecule has 3 heterocycles. The van der Waals surface area contributed by atoms with Crippen molar-refractivity contribution >= 4 is 19.1 Å². The fraction of sp³-hybridized carbons (Fsp3) is 0.536. The van der Waals surface area contributed by atoms with Crippen molar-refractivity contribution in [2.75, 3.05) is 6.61 Å². The van der Waals surface area contributed by atoms with Crippen molar-refractivity contribution in [3.8, 4) is 0 Å². The molecule has 34 heavy (non-hydrogen) atoms. The number of aliphatic hydroxyl groups is 1. The summed E-state index contributed by atoms with van der Waals surface area (Å²) in [4.78, 5) is 7.54. The van der Waals surface area contributed by atoms with E-state index in [1.165, 1.54) is 18.0 Å². The second-order valence-electron chi connectivity index (χ2n) is 11.4. The van der Waals surface area contributed by atoms with Crippen molar-refractivity contribution in [3.05, 3.63) is 66.0 Å². The Labute approximate surface area is 204 Å². The van der Waals surface area contributed by atoms with E-state index in [0.717, 1.165) is 49.3 Å². The molecule has 2 aromatic carbocycles. The molecule has 0 saturated carbocycles. The Hall–Kier alpha value is -1.99. The summed E-state index contributed by atoms with van der Waals surface area (Å²) < 4.78 is 8.41. The molecule has 1 aromatic heterocycles. The van der Waals surface area contributed by atoms with Crippen molar-refractivity contribution in [2.24, 2.45) is 5.92 Å². The minimum absolute atomic E-state index is 0.216. The monoisotopic (exact) mass is 477 g/mol. The van der Waals surface area contributed by atoms with Crippen molar-refractivity contribution < 1.29 is 9.84 Å². The van der Waals surface area contributed by atoms with Crippen LogP contribution in [-0.4, -0.2) is 52.4 Å². The molecule has 4 unspecified atom stereocenters. The number of para-hydroxylation sites is 2. The number of nitrogens with zero attached hydrogens (tertiary/aromatic N) is 3. The molecule has 4 atom stereocenters. The fourth-order valence-electron chi connectivity index (χ4n) is 5.84. The molecule has 0 aliphatic carbocycles. The maximum Gasteiger partial charge on any atom is 0.126 e. The third-order valence-corrected chi connectivity index (χ3v) is 9.46. The van der Waals surface area contributed by atoms with Crippen LogP contribution < -0.4 is 0 Å². The molecule has 2 bridgehead atoms. The van der Waals surface area contributed by atoms with Crippen LogP contribution in [0.5, 0.6) is 0 Å². The van der Waals surface area contributed by atoms with Gasteiger partial charge in [-0.15, -0.1) is 0 Å². The van der Waals surface area contributed by atoms with Gasteiger partial charge in [0.05, 0.1) is 23.7 Å². The average Bonchev–Trinajstić information content (AvgIpc) is 3.31.